The molecule has 10 nitrogen and oxygen atoms in total. The highest BCUT2D eigenvalue weighted by molar-refractivity contribution is 6.02. The zero-order valence-electron chi connectivity index (χ0n) is 22.8. The molecule has 1 aliphatic rings. The predicted octanol–water partition coefficient (Wildman–Crippen LogP) is 4.10. The van der Waals surface area contributed by atoms with Crippen LogP contribution in [0.3, 0.4) is 0 Å². The minimum atomic E-state index is -1.23. The fraction of sp³-hybridized carbons (Fsp3) is 0.226. The Hall–Kier alpha value is -4.96. The number of carboxylic acids is 1. The molecule has 2 amide bonds. The lowest BCUT2D eigenvalue weighted by Crippen LogP contribution is -2.50. The van der Waals surface area contributed by atoms with Crippen LogP contribution in [-0.4, -0.2) is 64.0 Å². The van der Waals surface area contributed by atoms with Gasteiger partial charge in [-0.2, -0.15) is 5.10 Å². The summed E-state index contributed by atoms with van der Waals surface area (Å²) in [5.41, 5.74) is 5.29. The maximum absolute atomic E-state index is 13.4. The number of aromatic nitrogens is 2. The first-order valence-corrected chi connectivity index (χ1v) is 13.2. The molecular formula is C31H31N5O5. The first kappa shape index (κ1) is 27.6. The highest BCUT2D eigenvalue weighted by Gasteiger charge is 2.30. The average Bonchev–Trinajstić information content (AvgIpc) is 3.49. The van der Waals surface area contributed by atoms with Crippen molar-refractivity contribution in [3.05, 3.63) is 107 Å². The van der Waals surface area contributed by atoms with E-state index in [1.807, 2.05) is 78.7 Å². The molecule has 1 aliphatic carbocycles. The number of hydrogen-bond acceptors (Lipinski definition) is 6. The Kier molecular flexibility index (Phi) is 8.11. The average molecular weight is 554 g/mol. The zero-order chi connectivity index (χ0) is 28.9. The SMILES string of the molecule is CN(Cc1ccccc1)CC(NC(=O)OCC1c2ccccc2-c2ccccc21)C(=O)Nc1cnn(C)c1C(=O)O. The number of aromatic carboxylic acids is 1. The third-order valence-corrected chi connectivity index (χ3v) is 7.14. The van der Waals surface area contributed by atoms with Gasteiger partial charge in [-0.15, -0.1) is 0 Å². The van der Waals surface area contributed by atoms with E-state index in [1.165, 1.54) is 13.2 Å². The maximum Gasteiger partial charge on any atom is 0.407 e. The summed E-state index contributed by atoms with van der Waals surface area (Å²) in [6.45, 7) is 0.775. The monoisotopic (exact) mass is 553 g/mol. The maximum atomic E-state index is 13.4. The van der Waals surface area contributed by atoms with E-state index in [9.17, 15) is 19.5 Å². The van der Waals surface area contributed by atoms with Crippen LogP contribution in [0.1, 0.15) is 33.1 Å². The van der Waals surface area contributed by atoms with Crippen LogP contribution in [0, 0.1) is 0 Å². The van der Waals surface area contributed by atoms with Gasteiger partial charge in [0, 0.05) is 26.1 Å². The van der Waals surface area contributed by atoms with Gasteiger partial charge in [-0.25, -0.2) is 9.59 Å². The van der Waals surface area contributed by atoms with Crippen molar-refractivity contribution in [2.75, 3.05) is 25.5 Å². The molecule has 0 saturated carbocycles. The Morgan fingerprint density at radius 1 is 0.976 bits per heavy atom. The standard InChI is InChI=1S/C31H31N5O5/c1-35(17-20-10-4-3-5-11-20)18-27(29(37)33-26-16-32-36(2)28(26)30(38)39)34-31(40)41-19-25-23-14-8-6-12-21(23)22-13-7-9-15-24(22)25/h3-16,25,27H,17-19H2,1-2H3,(H,33,37)(H,34,40)(H,38,39). The van der Waals surface area contributed by atoms with Crippen LogP contribution in [0.4, 0.5) is 10.5 Å². The van der Waals surface area contributed by atoms with Gasteiger partial charge in [0.05, 0.1) is 11.9 Å². The van der Waals surface area contributed by atoms with Gasteiger partial charge in [-0.05, 0) is 34.9 Å². The lowest BCUT2D eigenvalue weighted by atomic mass is 9.98. The number of carbonyl (C=O) groups is 3. The number of ether oxygens (including phenoxy) is 1. The molecule has 0 spiro atoms. The molecule has 1 heterocycles. The van der Waals surface area contributed by atoms with E-state index in [1.54, 1.807) is 0 Å². The quantitative estimate of drug-likeness (QED) is 0.270. The number of aryl methyl sites for hydroxylation is 1. The highest BCUT2D eigenvalue weighted by atomic mass is 16.5. The van der Waals surface area contributed by atoms with Gasteiger partial charge in [-0.1, -0.05) is 78.9 Å². The number of carbonyl (C=O) groups excluding carboxylic acids is 2. The highest BCUT2D eigenvalue weighted by Crippen LogP contribution is 2.44. The van der Waals surface area contributed by atoms with E-state index in [0.29, 0.717) is 6.54 Å². The summed E-state index contributed by atoms with van der Waals surface area (Å²) in [4.78, 5) is 40.0. The molecular weight excluding hydrogens is 522 g/mol. The number of carboxylic acid groups (broad SMARTS) is 1. The fourth-order valence-electron chi connectivity index (χ4n) is 5.25. The molecule has 1 atom stereocenters. The number of anilines is 1. The topological polar surface area (TPSA) is 126 Å². The second-order valence-corrected chi connectivity index (χ2v) is 10.0. The van der Waals surface area contributed by atoms with Crippen LogP contribution in [0.25, 0.3) is 11.1 Å². The van der Waals surface area contributed by atoms with Gasteiger partial charge >= 0.3 is 12.1 Å². The van der Waals surface area contributed by atoms with E-state index in [4.69, 9.17) is 4.74 Å². The molecule has 0 fully saturated rings. The van der Waals surface area contributed by atoms with E-state index in [0.717, 1.165) is 32.5 Å². The van der Waals surface area contributed by atoms with E-state index < -0.39 is 24.0 Å². The summed E-state index contributed by atoms with van der Waals surface area (Å²) in [6, 6.07) is 24.8. The number of likely N-dealkylation sites (N-methyl/N-ethyl adjacent to an activating group) is 1. The van der Waals surface area contributed by atoms with Crippen LogP contribution in [-0.2, 0) is 23.1 Å². The van der Waals surface area contributed by atoms with Crippen LogP contribution in [0.15, 0.2) is 85.1 Å². The van der Waals surface area contributed by atoms with Crippen molar-refractivity contribution in [3.63, 3.8) is 0 Å². The minimum absolute atomic E-state index is 0.0371. The Morgan fingerprint density at radius 3 is 2.22 bits per heavy atom. The third-order valence-electron chi connectivity index (χ3n) is 7.14. The van der Waals surface area contributed by atoms with Crippen molar-refractivity contribution >= 4 is 23.7 Å². The number of alkyl carbamates (subject to hydrolysis) is 1. The lowest BCUT2D eigenvalue weighted by Gasteiger charge is -2.24. The first-order valence-electron chi connectivity index (χ1n) is 13.2. The molecule has 210 valence electrons. The Morgan fingerprint density at radius 2 is 1.59 bits per heavy atom. The first-order chi connectivity index (χ1) is 19.8. The molecule has 0 saturated heterocycles. The van der Waals surface area contributed by atoms with E-state index >= 15 is 0 Å². The van der Waals surface area contributed by atoms with Crippen LogP contribution < -0.4 is 10.6 Å². The van der Waals surface area contributed by atoms with E-state index in [-0.39, 0.29) is 30.5 Å². The molecule has 4 aromatic rings. The molecule has 1 aromatic heterocycles. The van der Waals surface area contributed by atoms with Gasteiger partial charge in [-0.3, -0.25) is 14.4 Å². The molecule has 3 aromatic carbocycles. The molecule has 10 heteroatoms. The van der Waals surface area contributed by atoms with E-state index in [2.05, 4.69) is 27.9 Å². The van der Waals surface area contributed by atoms with Gasteiger partial charge in [0.2, 0.25) is 5.91 Å². The fourth-order valence-corrected chi connectivity index (χ4v) is 5.25. The largest absolute Gasteiger partial charge is 0.476 e. The molecule has 0 aliphatic heterocycles. The number of hydrogen-bond donors (Lipinski definition) is 3. The number of nitrogens with zero attached hydrogens (tertiary/aromatic N) is 3. The lowest BCUT2D eigenvalue weighted by molar-refractivity contribution is -0.118. The van der Waals surface area contributed by atoms with Crippen molar-refractivity contribution in [1.82, 2.24) is 20.0 Å². The molecule has 5 rings (SSSR count). The Balaban J connectivity index is 1.30. The van der Waals surface area contributed by atoms with Crippen molar-refractivity contribution < 1.29 is 24.2 Å². The smallest absolute Gasteiger partial charge is 0.407 e. The summed E-state index contributed by atoms with van der Waals surface area (Å²) >= 11 is 0. The van der Waals surface area contributed by atoms with Gasteiger partial charge in [0.15, 0.2) is 5.69 Å². The molecule has 41 heavy (non-hydrogen) atoms. The number of amides is 2. The second-order valence-electron chi connectivity index (χ2n) is 10.0. The number of benzene rings is 3. The number of nitrogens with one attached hydrogen (secondary N) is 2. The van der Waals surface area contributed by atoms with Crippen molar-refractivity contribution in [2.24, 2.45) is 7.05 Å². The second kappa shape index (κ2) is 12.1. The summed E-state index contributed by atoms with van der Waals surface area (Å²) in [6.07, 6.45) is 0.518. The van der Waals surface area contributed by atoms with Crippen LogP contribution >= 0.6 is 0 Å². The van der Waals surface area contributed by atoms with Gasteiger partial charge in [0.25, 0.3) is 0 Å². The van der Waals surface area contributed by atoms with Crippen molar-refractivity contribution in [1.29, 1.82) is 0 Å². The molecule has 0 radical (unpaired) electrons. The zero-order valence-corrected chi connectivity index (χ0v) is 22.8. The number of fused-ring (bicyclic) bond motifs is 3. The third kappa shape index (κ3) is 6.12. The summed E-state index contributed by atoms with van der Waals surface area (Å²) in [5.74, 6) is -1.95. The summed E-state index contributed by atoms with van der Waals surface area (Å²) < 4.78 is 6.84. The Bertz CT molecular complexity index is 1520. The molecule has 0 bridgehead atoms. The van der Waals surface area contributed by atoms with Crippen LogP contribution in [0.5, 0.6) is 0 Å². The number of rotatable bonds is 10. The minimum Gasteiger partial charge on any atom is -0.476 e. The van der Waals surface area contributed by atoms with Gasteiger partial charge < -0.3 is 20.5 Å². The van der Waals surface area contributed by atoms with Crippen molar-refractivity contribution in [2.45, 2.75) is 18.5 Å². The molecule has 3 N–H and O–H groups in total. The molecule has 1 unspecified atom stereocenters. The van der Waals surface area contributed by atoms with Crippen LogP contribution in [0.2, 0.25) is 0 Å². The normalized spacial score (nSPS) is 12.9. The summed E-state index contributed by atoms with van der Waals surface area (Å²) in [7, 11) is 3.30. The predicted molar refractivity (Wildman–Crippen MR) is 154 cm³/mol. The Labute approximate surface area is 237 Å². The van der Waals surface area contributed by atoms with Crippen molar-refractivity contribution in [3.8, 4) is 11.1 Å². The van der Waals surface area contributed by atoms with Gasteiger partial charge in [0.1, 0.15) is 12.6 Å². The summed E-state index contributed by atoms with van der Waals surface area (Å²) in [5, 5.41) is 18.8.